The summed E-state index contributed by atoms with van der Waals surface area (Å²) in [6.45, 7) is 3.46. The summed E-state index contributed by atoms with van der Waals surface area (Å²) in [4.78, 5) is 0. The summed E-state index contributed by atoms with van der Waals surface area (Å²) in [6, 6.07) is 9.79. The number of nitrogens with zero attached hydrogens (tertiary/aromatic N) is 1. The maximum atomic E-state index is 12.7. The van der Waals surface area contributed by atoms with Crippen molar-refractivity contribution in [3.05, 3.63) is 35.9 Å². The zero-order valence-electron chi connectivity index (χ0n) is 12.7. The highest BCUT2D eigenvalue weighted by atomic mass is 35.5. The van der Waals surface area contributed by atoms with E-state index in [2.05, 4.69) is 10.9 Å². The molecule has 1 fully saturated rings. The number of halogens is 1. The first-order valence-corrected chi connectivity index (χ1v) is 8.77. The molecule has 1 aliphatic rings. The van der Waals surface area contributed by atoms with Gasteiger partial charge in [-0.05, 0) is 18.9 Å². The summed E-state index contributed by atoms with van der Waals surface area (Å²) >= 11 is 0. The Morgan fingerprint density at radius 3 is 2.50 bits per heavy atom. The molecular weight excluding hydrogens is 324 g/mol. The van der Waals surface area contributed by atoms with Crippen LogP contribution >= 0.6 is 12.4 Å². The molecule has 1 aromatic carbocycles. The average Bonchev–Trinajstić information content (AvgIpc) is 2.91. The lowest BCUT2D eigenvalue weighted by molar-refractivity contribution is 0.411. The Kier molecular flexibility index (Phi) is 7.75. The highest BCUT2D eigenvalue weighted by Gasteiger charge is 2.38. The van der Waals surface area contributed by atoms with E-state index in [1.807, 2.05) is 37.3 Å². The largest absolute Gasteiger partial charge is 0.329 e. The molecule has 0 aromatic heterocycles. The van der Waals surface area contributed by atoms with Gasteiger partial charge in [-0.1, -0.05) is 30.3 Å². The fourth-order valence-corrected chi connectivity index (χ4v) is 4.52. The summed E-state index contributed by atoms with van der Waals surface area (Å²) in [7, 11) is -3.35. The number of hydrogen-bond donors (Lipinski definition) is 3. The molecule has 0 radical (unpaired) electrons. The van der Waals surface area contributed by atoms with Gasteiger partial charge < -0.3 is 5.73 Å². The number of hydrogen-bond acceptors (Lipinski definition) is 5. The van der Waals surface area contributed by atoms with Crippen LogP contribution in [0, 0.1) is 0 Å². The summed E-state index contributed by atoms with van der Waals surface area (Å²) in [5, 5.41) is -0.445. The van der Waals surface area contributed by atoms with E-state index in [1.165, 1.54) is 4.31 Å². The second-order valence-electron chi connectivity index (χ2n) is 5.32. The highest BCUT2D eigenvalue weighted by molar-refractivity contribution is 7.89. The molecule has 1 aliphatic heterocycles. The predicted molar refractivity (Wildman–Crippen MR) is 91.3 cm³/mol. The minimum atomic E-state index is -3.35. The van der Waals surface area contributed by atoms with E-state index in [4.69, 9.17) is 5.73 Å². The fourth-order valence-electron chi connectivity index (χ4n) is 2.55. The first-order valence-electron chi connectivity index (χ1n) is 7.27. The zero-order valence-corrected chi connectivity index (χ0v) is 14.4. The molecule has 126 valence electrons. The minimum Gasteiger partial charge on any atom is -0.329 e. The van der Waals surface area contributed by atoms with Crippen molar-refractivity contribution < 1.29 is 8.42 Å². The van der Waals surface area contributed by atoms with E-state index in [1.54, 1.807) is 0 Å². The van der Waals surface area contributed by atoms with Crippen LogP contribution in [0.15, 0.2) is 30.3 Å². The van der Waals surface area contributed by atoms with Crippen molar-refractivity contribution in [2.45, 2.75) is 24.6 Å². The number of hydrazine groups is 1. The Morgan fingerprint density at radius 1 is 1.27 bits per heavy atom. The van der Waals surface area contributed by atoms with E-state index >= 15 is 0 Å². The maximum absolute atomic E-state index is 12.7. The predicted octanol–water partition coefficient (Wildman–Crippen LogP) is 0.106. The Morgan fingerprint density at radius 2 is 1.95 bits per heavy atom. The van der Waals surface area contributed by atoms with Crippen LogP contribution in [0.4, 0.5) is 0 Å². The van der Waals surface area contributed by atoms with E-state index in [9.17, 15) is 8.42 Å². The molecule has 0 amide bonds. The average molecular weight is 349 g/mol. The van der Waals surface area contributed by atoms with Gasteiger partial charge in [0.1, 0.15) is 5.25 Å². The van der Waals surface area contributed by atoms with Crippen LogP contribution in [0.3, 0.4) is 0 Å². The summed E-state index contributed by atoms with van der Waals surface area (Å²) in [5.74, 6) is 0. The number of rotatable bonds is 7. The standard InChI is InChI=1S/C14H24N4O2S.ClH/c1-12-14(11-16-17-12)21(19,20)18(10-8-15)9-7-13-5-3-2-4-6-13;/h2-6,12,14,16-17H,7-11,15H2,1H3;1H. The SMILES string of the molecule is CC1NNCC1S(=O)(=O)N(CCN)CCc1ccccc1.Cl. The van der Waals surface area contributed by atoms with Gasteiger partial charge in [-0.2, -0.15) is 4.31 Å². The maximum Gasteiger partial charge on any atom is 0.219 e. The van der Waals surface area contributed by atoms with E-state index in [0.29, 0.717) is 32.6 Å². The van der Waals surface area contributed by atoms with Crippen LogP contribution in [0.5, 0.6) is 0 Å². The molecule has 0 saturated carbocycles. The molecule has 1 saturated heterocycles. The summed E-state index contributed by atoms with van der Waals surface area (Å²) < 4.78 is 27.0. The van der Waals surface area contributed by atoms with Gasteiger partial charge in [-0.15, -0.1) is 12.4 Å². The second kappa shape index (κ2) is 8.81. The molecule has 2 rings (SSSR count). The third-order valence-corrected chi connectivity index (χ3v) is 6.23. The van der Waals surface area contributed by atoms with Gasteiger partial charge in [-0.25, -0.2) is 8.42 Å². The van der Waals surface area contributed by atoms with Gasteiger partial charge in [0.15, 0.2) is 0 Å². The summed E-state index contributed by atoms with van der Waals surface area (Å²) in [5.41, 5.74) is 12.6. The molecular formula is C14H25ClN4O2S. The topological polar surface area (TPSA) is 87.5 Å². The number of benzene rings is 1. The zero-order chi connectivity index (χ0) is 15.3. The van der Waals surface area contributed by atoms with Crippen LogP contribution in [-0.2, 0) is 16.4 Å². The third-order valence-electron chi connectivity index (χ3n) is 3.80. The lowest BCUT2D eigenvalue weighted by Gasteiger charge is -2.26. The molecule has 2 unspecified atom stereocenters. The Bertz CT molecular complexity index is 541. The molecule has 0 bridgehead atoms. The lowest BCUT2D eigenvalue weighted by atomic mass is 10.1. The van der Waals surface area contributed by atoms with Crippen LogP contribution in [0.2, 0.25) is 0 Å². The molecule has 22 heavy (non-hydrogen) atoms. The monoisotopic (exact) mass is 348 g/mol. The van der Waals surface area contributed by atoms with Crippen LogP contribution in [0.1, 0.15) is 12.5 Å². The molecule has 6 nitrogen and oxygen atoms in total. The Balaban J connectivity index is 0.00000242. The number of sulfonamides is 1. The van der Waals surface area contributed by atoms with Gasteiger partial charge in [0.25, 0.3) is 0 Å². The molecule has 0 spiro atoms. The van der Waals surface area contributed by atoms with Crippen molar-refractivity contribution in [1.29, 1.82) is 0 Å². The lowest BCUT2D eigenvalue weighted by Crippen LogP contribution is -2.46. The van der Waals surface area contributed by atoms with E-state index < -0.39 is 15.3 Å². The molecule has 1 heterocycles. The fraction of sp³-hybridized carbons (Fsp3) is 0.571. The molecule has 2 atom stereocenters. The number of nitrogens with two attached hydrogens (primary N) is 1. The molecule has 4 N–H and O–H groups in total. The van der Waals surface area contributed by atoms with Crippen LogP contribution in [0.25, 0.3) is 0 Å². The minimum absolute atomic E-state index is 0. The van der Waals surface area contributed by atoms with Crippen molar-refractivity contribution in [2.24, 2.45) is 5.73 Å². The van der Waals surface area contributed by atoms with Gasteiger partial charge in [0, 0.05) is 32.2 Å². The Hall–Kier alpha value is -0.700. The summed E-state index contributed by atoms with van der Waals surface area (Å²) in [6.07, 6.45) is 0.696. The van der Waals surface area contributed by atoms with Crippen molar-refractivity contribution >= 4 is 22.4 Å². The smallest absolute Gasteiger partial charge is 0.219 e. The van der Waals surface area contributed by atoms with E-state index in [0.717, 1.165) is 5.56 Å². The van der Waals surface area contributed by atoms with Crippen LogP contribution < -0.4 is 16.6 Å². The highest BCUT2D eigenvalue weighted by Crippen LogP contribution is 2.15. The van der Waals surface area contributed by atoms with Gasteiger partial charge in [0.2, 0.25) is 10.0 Å². The van der Waals surface area contributed by atoms with Gasteiger partial charge in [-0.3, -0.25) is 10.9 Å². The van der Waals surface area contributed by atoms with Crippen molar-refractivity contribution in [2.75, 3.05) is 26.2 Å². The normalized spacial score (nSPS) is 21.8. The number of nitrogens with one attached hydrogen (secondary N) is 2. The van der Waals surface area contributed by atoms with Crippen molar-refractivity contribution in [3.63, 3.8) is 0 Å². The first kappa shape index (κ1) is 19.3. The molecule has 1 aromatic rings. The van der Waals surface area contributed by atoms with Gasteiger partial charge >= 0.3 is 0 Å². The van der Waals surface area contributed by atoms with Gasteiger partial charge in [0.05, 0.1) is 0 Å². The molecule has 8 heteroatoms. The Labute approximate surface area is 138 Å². The first-order chi connectivity index (χ1) is 10.1. The second-order valence-corrected chi connectivity index (χ2v) is 7.47. The third kappa shape index (κ3) is 4.65. The molecule has 0 aliphatic carbocycles. The van der Waals surface area contributed by atoms with E-state index in [-0.39, 0.29) is 18.4 Å². The quantitative estimate of drug-likeness (QED) is 0.651. The van der Waals surface area contributed by atoms with Crippen molar-refractivity contribution in [3.8, 4) is 0 Å². The van der Waals surface area contributed by atoms with Crippen LogP contribution in [-0.4, -0.2) is 50.2 Å². The van der Waals surface area contributed by atoms with Crippen molar-refractivity contribution in [1.82, 2.24) is 15.2 Å².